The molecule has 1 aliphatic heterocycles. The Morgan fingerprint density at radius 3 is 2.87 bits per heavy atom. The van der Waals surface area contributed by atoms with Crippen molar-refractivity contribution in [2.45, 2.75) is 12.5 Å². The molecule has 0 aliphatic carbocycles. The first-order valence-electron chi connectivity index (χ1n) is 5.62. The Balaban J connectivity index is 2.17. The molecule has 0 bridgehead atoms. The molecule has 1 rings (SSSR count). The lowest BCUT2D eigenvalue weighted by molar-refractivity contribution is 0.0593. The minimum absolute atomic E-state index is 0.0866. The summed E-state index contributed by atoms with van der Waals surface area (Å²) >= 11 is 0. The Morgan fingerprint density at radius 1 is 1.27 bits per heavy atom. The SMILES string of the molecule is OCCOCCC1CNCCN1CCO. The van der Waals surface area contributed by atoms with Gasteiger partial charge in [0, 0.05) is 38.8 Å². The van der Waals surface area contributed by atoms with E-state index < -0.39 is 0 Å². The highest BCUT2D eigenvalue weighted by molar-refractivity contribution is 4.79. The monoisotopic (exact) mass is 218 g/mol. The number of hydrogen-bond donors (Lipinski definition) is 3. The number of piperazine rings is 1. The first-order valence-corrected chi connectivity index (χ1v) is 5.62. The number of hydrogen-bond acceptors (Lipinski definition) is 5. The van der Waals surface area contributed by atoms with Crippen molar-refractivity contribution in [1.82, 2.24) is 10.2 Å². The van der Waals surface area contributed by atoms with Gasteiger partial charge in [-0.25, -0.2) is 0 Å². The fourth-order valence-corrected chi connectivity index (χ4v) is 1.90. The number of aliphatic hydroxyl groups is 2. The number of β-amino-alcohol motifs (C(OH)–C–C–N with tert-alkyl or cyclic N) is 1. The average Bonchev–Trinajstić information content (AvgIpc) is 2.27. The molecule has 5 nitrogen and oxygen atoms in total. The van der Waals surface area contributed by atoms with Gasteiger partial charge in [-0.3, -0.25) is 4.90 Å². The van der Waals surface area contributed by atoms with E-state index >= 15 is 0 Å². The third-order valence-electron chi connectivity index (χ3n) is 2.69. The molecule has 0 amide bonds. The van der Waals surface area contributed by atoms with Crippen LogP contribution in [0.4, 0.5) is 0 Å². The van der Waals surface area contributed by atoms with Crippen molar-refractivity contribution in [3.8, 4) is 0 Å². The van der Waals surface area contributed by atoms with Crippen molar-refractivity contribution in [3.63, 3.8) is 0 Å². The average molecular weight is 218 g/mol. The van der Waals surface area contributed by atoms with E-state index in [0.29, 0.717) is 19.3 Å². The van der Waals surface area contributed by atoms with Gasteiger partial charge in [0.05, 0.1) is 19.8 Å². The molecule has 5 heteroatoms. The predicted octanol–water partition coefficient (Wildman–Crippen LogP) is -1.35. The standard InChI is InChI=1S/C10H22N2O3/c13-5-4-12-3-2-11-9-10(12)1-7-15-8-6-14/h10-11,13-14H,1-9H2. The van der Waals surface area contributed by atoms with Gasteiger partial charge in [0.25, 0.3) is 0 Å². The van der Waals surface area contributed by atoms with Crippen LogP contribution in [-0.4, -0.2) is 73.8 Å². The number of aliphatic hydroxyl groups excluding tert-OH is 2. The third kappa shape index (κ3) is 4.90. The maximum Gasteiger partial charge on any atom is 0.0697 e. The van der Waals surface area contributed by atoms with Crippen molar-refractivity contribution in [1.29, 1.82) is 0 Å². The predicted molar refractivity (Wildman–Crippen MR) is 57.8 cm³/mol. The van der Waals surface area contributed by atoms with Crippen molar-refractivity contribution in [2.24, 2.45) is 0 Å². The summed E-state index contributed by atoms with van der Waals surface area (Å²) in [5.41, 5.74) is 0. The fraction of sp³-hybridized carbons (Fsp3) is 1.00. The normalized spacial score (nSPS) is 23.2. The van der Waals surface area contributed by atoms with E-state index in [1.165, 1.54) is 0 Å². The van der Waals surface area contributed by atoms with Crippen LogP contribution in [0.25, 0.3) is 0 Å². The molecule has 0 aromatic rings. The highest BCUT2D eigenvalue weighted by Gasteiger charge is 2.20. The molecule has 1 atom stereocenters. The van der Waals surface area contributed by atoms with Gasteiger partial charge >= 0.3 is 0 Å². The van der Waals surface area contributed by atoms with Crippen LogP contribution in [-0.2, 0) is 4.74 Å². The van der Waals surface area contributed by atoms with E-state index in [9.17, 15) is 0 Å². The van der Waals surface area contributed by atoms with Crippen LogP contribution < -0.4 is 5.32 Å². The zero-order valence-electron chi connectivity index (χ0n) is 9.19. The van der Waals surface area contributed by atoms with Gasteiger partial charge < -0.3 is 20.3 Å². The molecule has 1 fully saturated rings. The fourth-order valence-electron chi connectivity index (χ4n) is 1.90. The molecule has 15 heavy (non-hydrogen) atoms. The number of rotatable bonds is 7. The second kappa shape index (κ2) is 8.01. The zero-order valence-corrected chi connectivity index (χ0v) is 9.19. The van der Waals surface area contributed by atoms with Crippen molar-refractivity contribution >= 4 is 0 Å². The van der Waals surface area contributed by atoms with Crippen molar-refractivity contribution < 1.29 is 14.9 Å². The van der Waals surface area contributed by atoms with E-state index in [1.54, 1.807) is 0 Å². The van der Waals surface area contributed by atoms with Gasteiger partial charge in [-0.15, -0.1) is 0 Å². The Morgan fingerprint density at radius 2 is 2.13 bits per heavy atom. The minimum Gasteiger partial charge on any atom is -0.395 e. The summed E-state index contributed by atoms with van der Waals surface area (Å²) in [6.45, 7) is 5.08. The van der Waals surface area contributed by atoms with Crippen LogP contribution in [0.5, 0.6) is 0 Å². The maximum atomic E-state index is 8.92. The molecule has 1 heterocycles. The molecule has 0 radical (unpaired) electrons. The van der Waals surface area contributed by atoms with Crippen LogP contribution in [0.2, 0.25) is 0 Å². The van der Waals surface area contributed by atoms with Crippen molar-refractivity contribution in [3.05, 3.63) is 0 Å². The quantitative estimate of drug-likeness (QED) is 0.461. The Hall–Kier alpha value is -0.200. The summed E-state index contributed by atoms with van der Waals surface area (Å²) in [4.78, 5) is 2.29. The minimum atomic E-state index is 0.0866. The summed E-state index contributed by atoms with van der Waals surface area (Å²) in [6, 6.07) is 0.449. The highest BCUT2D eigenvalue weighted by atomic mass is 16.5. The molecule has 3 N–H and O–H groups in total. The summed E-state index contributed by atoms with van der Waals surface area (Å²) in [7, 11) is 0. The van der Waals surface area contributed by atoms with E-state index in [-0.39, 0.29) is 13.2 Å². The first-order chi connectivity index (χ1) is 7.38. The van der Waals surface area contributed by atoms with Gasteiger partial charge in [0.2, 0.25) is 0 Å². The summed E-state index contributed by atoms with van der Waals surface area (Å²) in [6.07, 6.45) is 0.951. The van der Waals surface area contributed by atoms with Crippen LogP contribution in [0.15, 0.2) is 0 Å². The topological polar surface area (TPSA) is 65.0 Å². The summed E-state index contributed by atoms with van der Waals surface area (Å²) in [5, 5.41) is 20.8. The number of nitrogens with one attached hydrogen (secondary N) is 1. The van der Waals surface area contributed by atoms with Crippen LogP contribution in [0.3, 0.4) is 0 Å². The van der Waals surface area contributed by atoms with E-state index in [4.69, 9.17) is 14.9 Å². The molecular formula is C10H22N2O3. The molecule has 0 aromatic heterocycles. The summed E-state index contributed by atoms with van der Waals surface area (Å²) < 4.78 is 5.25. The summed E-state index contributed by atoms with van der Waals surface area (Å²) in [5.74, 6) is 0. The molecule has 90 valence electrons. The smallest absolute Gasteiger partial charge is 0.0697 e. The Labute approximate surface area is 91.0 Å². The lowest BCUT2D eigenvalue weighted by Crippen LogP contribution is -2.52. The Kier molecular flexibility index (Phi) is 6.87. The van der Waals surface area contributed by atoms with E-state index in [1.807, 2.05) is 0 Å². The lowest BCUT2D eigenvalue weighted by atomic mass is 10.1. The first kappa shape index (κ1) is 12.9. The second-order valence-corrected chi connectivity index (χ2v) is 3.74. The van der Waals surface area contributed by atoms with Gasteiger partial charge in [-0.1, -0.05) is 0 Å². The zero-order chi connectivity index (χ0) is 10.9. The van der Waals surface area contributed by atoms with E-state index in [0.717, 1.165) is 32.6 Å². The molecule has 0 spiro atoms. The molecule has 1 unspecified atom stereocenters. The van der Waals surface area contributed by atoms with Crippen LogP contribution in [0.1, 0.15) is 6.42 Å². The maximum absolute atomic E-state index is 8.92. The van der Waals surface area contributed by atoms with Gasteiger partial charge in [-0.2, -0.15) is 0 Å². The van der Waals surface area contributed by atoms with Gasteiger partial charge in [-0.05, 0) is 6.42 Å². The Bertz CT molecular complexity index is 156. The molecule has 1 aliphatic rings. The van der Waals surface area contributed by atoms with Crippen LogP contribution >= 0.6 is 0 Å². The molecule has 0 aromatic carbocycles. The van der Waals surface area contributed by atoms with E-state index in [2.05, 4.69) is 10.2 Å². The number of ether oxygens (including phenoxy) is 1. The largest absolute Gasteiger partial charge is 0.395 e. The van der Waals surface area contributed by atoms with Gasteiger partial charge in [0.1, 0.15) is 0 Å². The number of nitrogens with zero attached hydrogens (tertiary/aromatic N) is 1. The lowest BCUT2D eigenvalue weighted by Gasteiger charge is -2.35. The molecule has 1 saturated heterocycles. The second-order valence-electron chi connectivity index (χ2n) is 3.74. The van der Waals surface area contributed by atoms with Crippen molar-refractivity contribution in [2.75, 3.05) is 52.6 Å². The third-order valence-corrected chi connectivity index (χ3v) is 2.69. The van der Waals surface area contributed by atoms with Gasteiger partial charge in [0.15, 0.2) is 0 Å². The van der Waals surface area contributed by atoms with Crippen LogP contribution in [0, 0.1) is 0 Å². The molecular weight excluding hydrogens is 196 g/mol. The molecule has 0 saturated carbocycles. The highest BCUT2D eigenvalue weighted by Crippen LogP contribution is 2.06.